The molecule has 0 spiro atoms. The fourth-order valence-corrected chi connectivity index (χ4v) is 2.74. The number of nitrogens with zero attached hydrogens (tertiary/aromatic N) is 3. The maximum atomic E-state index is 11.7. The number of rotatable bonds is 2. The summed E-state index contributed by atoms with van der Waals surface area (Å²) in [5, 5.41) is 2.92. The third kappa shape index (κ3) is 2.03. The van der Waals surface area contributed by atoms with Crippen LogP contribution in [0.4, 0.5) is 11.4 Å². The van der Waals surface area contributed by atoms with Gasteiger partial charge in [-0.2, -0.15) is 0 Å². The zero-order valence-electron chi connectivity index (χ0n) is 11.0. The van der Waals surface area contributed by atoms with E-state index in [0.717, 1.165) is 12.2 Å². The summed E-state index contributed by atoms with van der Waals surface area (Å²) in [6, 6.07) is 5.32. The standard InChI is InChI=1S/C14H15N3O3/c1-2-14(18)16-5-6-17-11(8-16)9-20-13-7-10(15-19)3-4-12(13)17/h2-4,7,11H,1,5-6,8-9H2/t11-/m1/s1. The van der Waals surface area contributed by atoms with Crippen LogP contribution < -0.4 is 9.64 Å². The first-order valence-corrected chi connectivity index (χ1v) is 6.51. The van der Waals surface area contributed by atoms with Gasteiger partial charge in [0, 0.05) is 25.7 Å². The van der Waals surface area contributed by atoms with Crippen LogP contribution in [0.3, 0.4) is 0 Å². The van der Waals surface area contributed by atoms with Gasteiger partial charge in [-0.1, -0.05) is 6.58 Å². The van der Waals surface area contributed by atoms with Crippen LogP contribution in [0.5, 0.6) is 5.75 Å². The molecule has 0 N–H and O–H groups in total. The molecule has 1 fully saturated rings. The summed E-state index contributed by atoms with van der Waals surface area (Å²) in [4.78, 5) is 26.2. The lowest BCUT2D eigenvalue weighted by Crippen LogP contribution is -2.58. The summed E-state index contributed by atoms with van der Waals surface area (Å²) in [5.74, 6) is 0.637. The Morgan fingerprint density at radius 1 is 1.45 bits per heavy atom. The van der Waals surface area contributed by atoms with Crippen molar-refractivity contribution < 1.29 is 9.53 Å². The topological polar surface area (TPSA) is 62.2 Å². The van der Waals surface area contributed by atoms with E-state index >= 15 is 0 Å². The third-order valence-corrected chi connectivity index (χ3v) is 3.76. The summed E-state index contributed by atoms with van der Waals surface area (Å²) in [6.07, 6.45) is 1.34. The van der Waals surface area contributed by atoms with Gasteiger partial charge in [-0.05, 0) is 23.4 Å². The maximum absolute atomic E-state index is 11.7. The van der Waals surface area contributed by atoms with Crippen molar-refractivity contribution >= 4 is 17.3 Å². The molecule has 0 aromatic heterocycles. The minimum Gasteiger partial charge on any atom is -0.489 e. The number of carbonyl (C=O) groups is 1. The lowest BCUT2D eigenvalue weighted by Gasteiger charge is -2.45. The molecule has 2 aliphatic heterocycles. The first kappa shape index (κ1) is 12.7. The van der Waals surface area contributed by atoms with Crippen LogP contribution in [0, 0.1) is 4.91 Å². The quantitative estimate of drug-likeness (QED) is 0.607. The van der Waals surface area contributed by atoms with E-state index in [1.165, 1.54) is 6.08 Å². The molecule has 0 bridgehead atoms. The van der Waals surface area contributed by atoms with Crippen molar-refractivity contribution in [2.45, 2.75) is 6.04 Å². The molecule has 0 saturated carbocycles. The molecule has 1 aromatic rings. The Kier molecular flexibility index (Phi) is 3.14. The highest BCUT2D eigenvalue weighted by Gasteiger charge is 2.33. The summed E-state index contributed by atoms with van der Waals surface area (Å²) in [7, 11) is 0. The lowest BCUT2D eigenvalue weighted by atomic mass is 10.1. The Balaban J connectivity index is 1.83. The van der Waals surface area contributed by atoms with E-state index in [9.17, 15) is 9.70 Å². The molecular formula is C14H15N3O3. The minimum atomic E-state index is -0.0454. The number of carbonyl (C=O) groups excluding carboxylic acids is 1. The Morgan fingerprint density at radius 3 is 3.05 bits per heavy atom. The molecule has 0 radical (unpaired) electrons. The lowest BCUT2D eigenvalue weighted by molar-refractivity contribution is -0.127. The highest BCUT2D eigenvalue weighted by Crippen LogP contribution is 2.37. The van der Waals surface area contributed by atoms with E-state index in [2.05, 4.69) is 16.7 Å². The molecule has 1 atom stereocenters. The number of piperazine rings is 1. The number of benzene rings is 1. The van der Waals surface area contributed by atoms with Crippen molar-refractivity contribution in [1.29, 1.82) is 0 Å². The molecule has 1 amide bonds. The average Bonchev–Trinajstić information content (AvgIpc) is 2.52. The molecule has 3 rings (SSSR count). The van der Waals surface area contributed by atoms with Gasteiger partial charge in [0.1, 0.15) is 18.0 Å². The van der Waals surface area contributed by atoms with Gasteiger partial charge >= 0.3 is 0 Å². The molecule has 6 heteroatoms. The SMILES string of the molecule is C=CC(=O)N1CCN2c3ccc(N=O)cc3OC[C@H]2C1. The van der Waals surface area contributed by atoms with Gasteiger partial charge in [-0.25, -0.2) is 0 Å². The number of ether oxygens (including phenoxy) is 1. The van der Waals surface area contributed by atoms with Gasteiger partial charge in [0.25, 0.3) is 0 Å². The number of amides is 1. The van der Waals surface area contributed by atoms with Crippen molar-refractivity contribution in [3.8, 4) is 5.75 Å². The molecule has 0 aliphatic carbocycles. The van der Waals surface area contributed by atoms with Crippen molar-refractivity contribution in [3.63, 3.8) is 0 Å². The molecule has 1 aromatic carbocycles. The Bertz CT molecular complexity index is 573. The van der Waals surface area contributed by atoms with Crippen LogP contribution in [0.15, 0.2) is 36.0 Å². The van der Waals surface area contributed by atoms with Crippen molar-refractivity contribution in [2.24, 2.45) is 5.18 Å². The van der Waals surface area contributed by atoms with Crippen LogP contribution in [0.2, 0.25) is 0 Å². The molecule has 104 valence electrons. The zero-order valence-corrected chi connectivity index (χ0v) is 11.0. The highest BCUT2D eigenvalue weighted by atomic mass is 16.5. The van der Waals surface area contributed by atoms with E-state index in [1.807, 2.05) is 6.07 Å². The molecule has 6 nitrogen and oxygen atoms in total. The predicted molar refractivity (Wildman–Crippen MR) is 75.3 cm³/mol. The monoisotopic (exact) mass is 273 g/mol. The molecule has 1 saturated heterocycles. The Morgan fingerprint density at radius 2 is 2.30 bits per heavy atom. The number of hydrogen-bond acceptors (Lipinski definition) is 5. The summed E-state index contributed by atoms with van der Waals surface area (Å²) < 4.78 is 5.69. The molecule has 20 heavy (non-hydrogen) atoms. The number of nitroso groups, excluding NO2 is 1. The van der Waals surface area contributed by atoms with Gasteiger partial charge in [0.2, 0.25) is 5.91 Å². The van der Waals surface area contributed by atoms with E-state index in [0.29, 0.717) is 31.1 Å². The van der Waals surface area contributed by atoms with Crippen molar-refractivity contribution in [3.05, 3.63) is 35.8 Å². The normalized spacial score (nSPS) is 20.5. The number of hydrogen-bond donors (Lipinski definition) is 0. The predicted octanol–water partition coefficient (Wildman–Crippen LogP) is 1.68. The Labute approximate surface area is 116 Å². The smallest absolute Gasteiger partial charge is 0.246 e. The van der Waals surface area contributed by atoms with Gasteiger partial charge in [0.15, 0.2) is 0 Å². The first-order valence-electron chi connectivity index (χ1n) is 6.51. The van der Waals surface area contributed by atoms with Gasteiger partial charge in [-0.15, -0.1) is 4.91 Å². The fourth-order valence-electron chi connectivity index (χ4n) is 2.74. The second kappa shape index (κ2) is 4.96. The average molecular weight is 273 g/mol. The van der Waals surface area contributed by atoms with Crippen LogP contribution in [0.1, 0.15) is 0 Å². The van der Waals surface area contributed by atoms with Crippen LogP contribution in [-0.4, -0.2) is 43.1 Å². The highest BCUT2D eigenvalue weighted by molar-refractivity contribution is 5.87. The summed E-state index contributed by atoms with van der Waals surface area (Å²) in [6.45, 7) is 6.04. The second-order valence-electron chi connectivity index (χ2n) is 4.89. The van der Waals surface area contributed by atoms with Gasteiger partial charge < -0.3 is 14.5 Å². The third-order valence-electron chi connectivity index (χ3n) is 3.76. The van der Waals surface area contributed by atoms with Crippen LogP contribution in [0.25, 0.3) is 0 Å². The molecular weight excluding hydrogens is 258 g/mol. The summed E-state index contributed by atoms with van der Waals surface area (Å²) in [5.41, 5.74) is 1.32. The zero-order chi connectivity index (χ0) is 14.1. The van der Waals surface area contributed by atoms with Crippen molar-refractivity contribution in [2.75, 3.05) is 31.1 Å². The molecule has 0 unspecified atom stereocenters. The van der Waals surface area contributed by atoms with Gasteiger partial charge in [0.05, 0.1) is 11.7 Å². The van der Waals surface area contributed by atoms with E-state index in [-0.39, 0.29) is 11.9 Å². The van der Waals surface area contributed by atoms with E-state index in [4.69, 9.17) is 4.74 Å². The van der Waals surface area contributed by atoms with Crippen LogP contribution >= 0.6 is 0 Å². The second-order valence-corrected chi connectivity index (χ2v) is 4.89. The van der Waals surface area contributed by atoms with Crippen molar-refractivity contribution in [1.82, 2.24) is 4.90 Å². The van der Waals surface area contributed by atoms with Gasteiger partial charge in [-0.3, -0.25) is 4.79 Å². The minimum absolute atomic E-state index is 0.0454. The van der Waals surface area contributed by atoms with E-state index < -0.39 is 0 Å². The largest absolute Gasteiger partial charge is 0.489 e. The Hall–Kier alpha value is -2.37. The number of fused-ring (bicyclic) bond motifs is 3. The number of anilines is 1. The maximum Gasteiger partial charge on any atom is 0.246 e. The molecule has 2 heterocycles. The van der Waals surface area contributed by atoms with Crippen LogP contribution in [-0.2, 0) is 4.79 Å². The van der Waals surface area contributed by atoms with E-state index in [1.54, 1.807) is 17.0 Å². The fraction of sp³-hybridized carbons (Fsp3) is 0.357. The first-order chi connectivity index (χ1) is 9.72. The molecule has 2 aliphatic rings. The summed E-state index contributed by atoms with van der Waals surface area (Å²) >= 11 is 0.